The average molecular weight is 346 g/mol. The van der Waals surface area contributed by atoms with Crippen LogP contribution in [0.2, 0.25) is 0 Å². The highest BCUT2D eigenvalue weighted by atomic mass is 32.2. The van der Waals surface area contributed by atoms with E-state index >= 15 is 0 Å². The van der Waals surface area contributed by atoms with Gasteiger partial charge in [-0.15, -0.1) is 0 Å². The van der Waals surface area contributed by atoms with Gasteiger partial charge in [0.15, 0.2) is 0 Å². The molecule has 0 aliphatic heterocycles. The van der Waals surface area contributed by atoms with Crippen LogP contribution in [-0.4, -0.2) is 35.9 Å². The summed E-state index contributed by atoms with van der Waals surface area (Å²) in [7, 11) is -3.55. The highest BCUT2D eigenvalue weighted by Gasteiger charge is 2.34. The highest BCUT2D eigenvalue weighted by molar-refractivity contribution is 8.00. The van der Waals surface area contributed by atoms with Gasteiger partial charge in [-0.3, -0.25) is 4.98 Å². The van der Waals surface area contributed by atoms with Crippen LogP contribution in [0.1, 0.15) is 31.4 Å². The largest absolute Gasteiger partial charge is 0.388 e. The van der Waals surface area contributed by atoms with E-state index in [0.29, 0.717) is 12.2 Å². The molecule has 1 aromatic heterocycles. The molecule has 0 saturated heterocycles. The second-order valence-corrected chi connectivity index (χ2v) is 8.64. The Labute approximate surface area is 135 Å². The monoisotopic (exact) mass is 345 g/mol. The predicted molar refractivity (Wildman–Crippen MR) is 90.0 cm³/mol. The van der Waals surface area contributed by atoms with Crippen LogP contribution < -0.4 is 10.5 Å². The third-order valence-electron chi connectivity index (χ3n) is 3.83. The summed E-state index contributed by atoms with van der Waals surface area (Å²) >= 11 is 6.55. The Hall–Kier alpha value is -0.700. The summed E-state index contributed by atoms with van der Waals surface area (Å²) in [4.78, 5) is 4.26. The van der Waals surface area contributed by atoms with Crippen molar-refractivity contribution >= 4 is 39.0 Å². The molecule has 1 heterocycles. The van der Waals surface area contributed by atoms with E-state index in [9.17, 15) is 8.42 Å². The zero-order chi connectivity index (χ0) is 15.5. The van der Waals surface area contributed by atoms with Crippen molar-refractivity contribution in [3.63, 3.8) is 0 Å². The third-order valence-corrected chi connectivity index (χ3v) is 6.85. The fourth-order valence-electron chi connectivity index (χ4n) is 2.47. The maximum atomic E-state index is 12.3. The number of hydrogen-bond acceptors (Lipinski definition) is 5. The maximum absolute atomic E-state index is 12.3. The molecule has 2 rings (SSSR count). The number of nitrogens with zero attached hydrogens (tertiary/aromatic N) is 1. The van der Waals surface area contributed by atoms with Gasteiger partial charge in [-0.25, -0.2) is 13.1 Å². The third kappa shape index (κ3) is 3.94. The molecule has 3 N–H and O–H groups in total. The number of nitrogens with one attached hydrogen (secondary N) is 1. The van der Waals surface area contributed by atoms with Crippen molar-refractivity contribution in [3.05, 3.63) is 24.0 Å². The quantitative estimate of drug-likeness (QED) is 0.763. The Morgan fingerprint density at radius 3 is 2.62 bits per heavy atom. The number of thiocarbonyl (C=S) groups is 1. The van der Waals surface area contributed by atoms with Gasteiger partial charge in [-0.05, 0) is 31.2 Å². The summed E-state index contributed by atoms with van der Waals surface area (Å²) in [6.07, 6.45) is 7.75. The summed E-state index contributed by atoms with van der Waals surface area (Å²) in [6, 6.07) is 3.00. The fraction of sp³-hybridized carbons (Fsp3) is 0.538. The molecule has 1 aliphatic rings. The van der Waals surface area contributed by atoms with Crippen molar-refractivity contribution in [1.82, 2.24) is 9.71 Å². The number of aromatic nitrogens is 1. The zero-order valence-electron chi connectivity index (χ0n) is 11.8. The lowest BCUT2D eigenvalue weighted by Crippen LogP contribution is -2.38. The number of hydrogen-bond donors (Lipinski definition) is 2. The number of nitrogens with two attached hydrogens (primary N) is 1. The molecule has 5 nitrogen and oxygen atoms in total. The van der Waals surface area contributed by atoms with E-state index in [4.69, 9.17) is 18.0 Å². The van der Waals surface area contributed by atoms with E-state index in [0.717, 1.165) is 25.7 Å². The van der Waals surface area contributed by atoms with Crippen LogP contribution in [0.4, 0.5) is 0 Å². The van der Waals surface area contributed by atoms with Crippen molar-refractivity contribution in [1.29, 1.82) is 0 Å². The Morgan fingerprint density at radius 2 is 2.14 bits per heavy atom. The molecule has 21 heavy (non-hydrogen) atoms. The first-order valence-corrected chi connectivity index (χ1v) is 9.81. The van der Waals surface area contributed by atoms with E-state index in [-0.39, 0.29) is 14.6 Å². The molecule has 0 unspecified atom stereocenters. The molecule has 0 aromatic carbocycles. The Balaban J connectivity index is 2.09. The van der Waals surface area contributed by atoms with Gasteiger partial charge in [0.2, 0.25) is 10.0 Å². The molecule has 0 radical (unpaired) electrons. The molecular weight excluding hydrogens is 326 g/mol. The number of thioether (sulfide) groups is 1. The van der Waals surface area contributed by atoms with Crippen LogP contribution in [-0.2, 0) is 10.0 Å². The predicted octanol–water partition coefficient (Wildman–Crippen LogP) is 1.67. The van der Waals surface area contributed by atoms with Gasteiger partial charge < -0.3 is 5.73 Å². The van der Waals surface area contributed by atoms with Crippen molar-refractivity contribution < 1.29 is 8.42 Å². The number of rotatable bonds is 6. The molecule has 1 aliphatic carbocycles. The SMILES string of the molecule is CSC1(CNS(=O)(=O)c2ccc(C(N)=S)nc2)CCCC1. The lowest BCUT2D eigenvalue weighted by atomic mass is 10.1. The minimum Gasteiger partial charge on any atom is -0.388 e. The van der Waals surface area contributed by atoms with Gasteiger partial charge in [0, 0.05) is 17.5 Å². The van der Waals surface area contributed by atoms with Gasteiger partial charge in [0.1, 0.15) is 9.88 Å². The van der Waals surface area contributed by atoms with E-state index in [1.807, 2.05) is 6.26 Å². The molecular formula is C13H19N3O2S3. The van der Waals surface area contributed by atoms with Crippen LogP contribution in [0.15, 0.2) is 23.2 Å². The summed E-state index contributed by atoms with van der Waals surface area (Å²) in [5, 5.41) is 0. The van der Waals surface area contributed by atoms with Crippen molar-refractivity contribution in [2.45, 2.75) is 35.3 Å². The first kappa shape index (κ1) is 16.7. The average Bonchev–Trinajstić information content (AvgIpc) is 2.95. The van der Waals surface area contributed by atoms with Crippen molar-refractivity contribution in [2.75, 3.05) is 12.8 Å². The standard InChI is InChI=1S/C13H19N3O2S3/c1-20-13(6-2-3-7-13)9-16-21(17,18)10-4-5-11(12(14)19)15-8-10/h4-5,8,16H,2-3,6-7,9H2,1H3,(H2,14,19). The Kier molecular flexibility index (Phi) is 5.24. The summed E-state index contributed by atoms with van der Waals surface area (Å²) < 4.78 is 27.3. The van der Waals surface area contributed by atoms with E-state index < -0.39 is 10.0 Å². The highest BCUT2D eigenvalue weighted by Crippen LogP contribution is 2.39. The van der Waals surface area contributed by atoms with E-state index in [1.165, 1.54) is 18.3 Å². The summed E-state index contributed by atoms with van der Waals surface area (Å²) in [6.45, 7) is 0.452. The van der Waals surface area contributed by atoms with Gasteiger partial charge in [0.05, 0.1) is 5.69 Å². The molecule has 1 aromatic rings. The molecule has 8 heteroatoms. The molecule has 0 spiro atoms. The lowest BCUT2D eigenvalue weighted by Gasteiger charge is -2.26. The van der Waals surface area contributed by atoms with Crippen LogP contribution in [0.5, 0.6) is 0 Å². The topological polar surface area (TPSA) is 85.1 Å². The first-order valence-electron chi connectivity index (χ1n) is 6.69. The molecule has 1 fully saturated rings. The van der Waals surface area contributed by atoms with E-state index in [1.54, 1.807) is 11.8 Å². The van der Waals surface area contributed by atoms with Crippen molar-refractivity contribution in [2.24, 2.45) is 5.73 Å². The summed E-state index contributed by atoms with van der Waals surface area (Å²) in [5.41, 5.74) is 5.87. The molecule has 0 amide bonds. The summed E-state index contributed by atoms with van der Waals surface area (Å²) in [5.74, 6) is 0. The minimum absolute atomic E-state index is 0.0270. The van der Waals surface area contributed by atoms with Gasteiger partial charge in [0.25, 0.3) is 0 Å². The van der Waals surface area contributed by atoms with Gasteiger partial charge in [-0.1, -0.05) is 25.1 Å². The normalized spacial score (nSPS) is 17.8. The lowest BCUT2D eigenvalue weighted by molar-refractivity contribution is 0.551. The van der Waals surface area contributed by atoms with Crippen LogP contribution in [0.25, 0.3) is 0 Å². The van der Waals surface area contributed by atoms with Gasteiger partial charge in [-0.2, -0.15) is 11.8 Å². The minimum atomic E-state index is -3.55. The zero-order valence-corrected chi connectivity index (χ0v) is 14.3. The van der Waals surface area contributed by atoms with Crippen LogP contribution >= 0.6 is 24.0 Å². The Bertz CT molecular complexity index is 608. The second kappa shape index (κ2) is 6.60. The Morgan fingerprint density at radius 1 is 1.48 bits per heavy atom. The second-order valence-electron chi connectivity index (χ2n) is 5.16. The molecule has 0 atom stereocenters. The van der Waals surface area contributed by atoms with E-state index in [2.05, 4.69) is 9.71 Å². The van der Waals surface area contributed by atoms with Gasteiger partial charge >= 0.3 is 0 Å². The van der Waals surface area contributed by atoms with Crippen LogP contribution in [0.3, 0.4) is 0 Å². The fourth-order valence-corrected chi connectivity index (χ4v) is 4.66. The van der Waals surface area contributed by atoms with Crippen molar-refractivity contribution in [3.8, 4) is 0 Å². The van der Waals surface area contributed by atoms with Crippen LogP contribution in [0, 0.1) is 0 Å². The first-order chi connectivity index (χ1) is 9.88. The smallest absolute Gasteiger partial charge is 0.242 e. The number of pyridine rings is 1. The molecule has 0 bridgehead atoms. The maximum Gasteiger partial charge on any atom is 0.242 e. The number of sulfonamides is 1. The molecule has 1 saturated carbocycles. The molecule has 116 valence electrons.